The Morgan fingerprint density at radius 1 is 1.00 bits per heavy atom. The molecule has 3 aromatic carbocycles. The standard InChI is InChI=1S/C33H36N4O4/c1-5-40-32(38)19-26-7-6-22(13-15-39-4)16-31(26)41-20-29-28-18-25(10-11-30(28)37(36-29)21(2)3)24-9-8-23-12-14-35-33(34)27(23)17-24/h6-12,14,16-18,21H,5,13,15,19-20H2,1-4H3,(H2,34,35). The molecule has 0 saturated heterocycles. The summed E-state index contributed by atoms with van der Waals surface area (Å²) in [6, 6.07) is 20.7. The van der Waals surface area contributed by atoms with E-state index in [0.717, 1.165) is 56.0 Å². The molecule has 212 valence electrons. The predicted molar refractivity (Wildman–Crippen MR) is 162 cm³/mol. The van der Waals surface area contributed by atoms with Crippen LogP contribution < -0.4 is 10.5 Å². The summed E-state index contributed by atoms with van der Waals surface area (Å²) in [7, 11) is 1.68. The molecule has 8 heteroatoms. The molecule has 0 bridgehead atoms. The minimum atomic E-state index is -0.285. The third kappa shape index (κ3) is 6.18. The largest absolute Gasteiger partial charge is 0.487 e. The van der Waals surface area contributed by atoms with Gasteiger partial charge in [-0.15, -0.1) is 0 Å². The van der Waals surface area contributed by atoms with Gasteiger partial charge in [-0.05, 0) is 79.6 Å². The summed E-state index contributed by atoms with van der Waals surface area (Å²) in [6.45, 7) is 7.21. The molecule has 8 nitrogen and oxygen atoms in total. The SMILES string of the molecule is CCOC(=O)Cc1ccc(CCOC)cc1OCc1nn(C(C)C)c2ccc(-c3ccc4ccnc(N)c4c3)cc12. The van der Waals surface area contributed by atoms with Crippen molar-refractivity contribution < 1.29 is 19.0 Å². The summed E-state index contributed by atoms with van der Waals surface area (Å²) < 4.78 is 18.9. The second-order valence-electron chi connectivity index (χ2n) is 10.3. The third-order valence-electron chi connectivity index (χ3n) is 7.13. The minimum absolute atomic E-state index is 0.138. The van der Waals surface area contributed by atoms with Crippen molar-refractivity contribution in [3.05, 3.63) is 83.7 Å². The Balaban J connectivity index is 1.50. The number of hydrogen-bond acceptors (Lipinski definition) is 7. The number of ether oxygens (including phenoxy) is 3. The zero-order chi connectivity index (χ0) is 28.9. The van der Waals surface area contributed by atoms with Crippen LogP contribution in [0.3, 0.4) is 0 Å². The average Bonchev–Trinajstić information content (AvgIpc) is 3.34. The number of hydrogen-bond donors (Lipinski definition) is 1. The summed E-state index contributed by atoms with van der Waals surface area (Å²) in [6.07, 6.45) is 2.60. The van der Waals surface area contributed by atoms with Gasteiger partial charge in [-0.2, -0.15) is 5.10 Å². The number of nitrogens with zero attached hydrogens (tertiary/aromatic N) is 3. The van der Waals surface area contributed by atoms with Crippen molar-refractivity contribution >= 4 is 33.5 Å². The van der Waals surface area contributed by atoms with Crippen LogP contribution in [0.25, 0.3) is 32.8 Å². The molecule has 0 atom stereocenters. The Bertz CT molecular complexity index is 1690. The summed E-state index contributed by atoms with van der Waals surface area (Å²) in [5, 5.41) is 7.93. The third-order valence-corrected chi connectivity index (χ3v) is 7.13. The van der Waals surface area contributed by atoms with Gasteiger partial charge in [0.25, 0.3) is 0 Å². The Morgan fingerprint density at radius 3 is 2.54 bits per heavy atom. The van der Waals surface area contributed by atoms with E-state index >= 15 is 0 Å². The molecule has 0 saturated carbocycles. The maximum atomic E-state index is 12.3. The molecular weight excluding hydrogens is 516 g/mol. The monoisotopic (exact) mass is 552 g/mol. The van der Waals surface area contributed by atoms with E-state index in [9.17, 15) is 4.79 Å². The molecule has 0 aliphatic rings. The van der Waals surface area contributed by atoms with Gasteiger partial charge in [-0.1, -0.05) is 30.3 Å². The zero-order valence-electron chi connectivity index (χ0n) is 24.0. The van der Waals surface area contributed by atoms with Crippen LogP contribution in [-0.2, 0) is 33.7 Å². The highest BCUT2D eigenvalue weighted by atomic mass is 16.5. The van der Waals surface area contributed by atoms with Gasteiger partial charge in [0.05, 0.1) is 25.2 Å². The van der Waals surface area contributed by atoms with Crippen LogP contribution in [0.2, 0.25) is 0 Å². The fraction of sp³-hybridized carbons (Fsp3) is 0.303. The molecule has 0 radical (unpaired) electrons. The van der Waals surface area contributed by atoms with E-state index in [1.807, 2.05) is 28.9 Å². The number of pyridine rings is 1. The number of carbonyl (C=O) groups excluding carboxylic acids is 1. The van der Waals surface area contributed by atoms with Crippen molar-refractivity contribution in [2.45, 2.75) is 46.3 Å². The van der Waals surface area contributed by atoms with Gasteiger partial charge in [0.15, 0.2) is 0 Å². The maximum Gasteiger partial charge on any atom is 0.310 e. The highest BCUT2D eigenvalue weighted by molar-refractivity contribution is 5.95. The normalized spacial score (nSPS) is 11.4. The lowest BCUT2D eigenvalue weighted by atomic mass is 10.00. The number of benzene rings is 3. The number of fused-ring (bicyclic) bond motifs is 2. The van der Waals surface area contributed by atoms with Crippen molar-refractivity contribution in [1.82, 2.24) is 14.8 Å². The summed E-state index contributed by atoms with van der Waals surface area (Å²) >= 11 is 0. The van der Waals surface area contributed by atoms with Crippen molar-refractivity contribution in [3.8, 4) is 16.9 Å². The molecule has 2 aromatic heterocycles. The van der Waals surface area contributed by atoms with Crippen molar-refractivity contribution in [1.29, 1.82) is 0 Å². The summed E-state index contributed by atoms with van der Waals surface area (Å²) in [5.74, 6) is 0.874. The van der Waals surface area contributed by atoms with Gasteiger partial charge in [-0.25, -0.2) is 4.98 Å². The van der Waals surface area contributed by atoms with E-state index in [-0.39, 0.29) is 25.0 Å². The number of nitrogen functional groups attached to an aromatic ring is 1. The molecule has 0 fully saturated rings. The number of aromatic nitrogens is 3. The van der Waals surface area contributed by atoms with Crippen LogP contribution >= 0.6 is 0 Å². The number of carbonyl (C=O) groups is 1. The Labute approximate surface area is 240 Å². The van der Waals surface area contributed by atoms with Crippen LogP contribution in [-0.4, -0.2) is 41.1 Å². The number of esters is 1. The van der Waals surface area contributed by atoms with E-state index in [1.54, 1.807) is 20.2 Å². The second kappa shape index (κ2) is 12.4. The van der Waals surface area contributed by atoms with Crippen molar-refractivity contribution in [2.24, 2.45) is 0 Å². The maximum absolute atomic E-state index is 12.3. The molecule has 0 spiro atoms. The van der Waals surface area contributed by atoms with Gasteiger partial charge in [0, 0.05) is 35.7 Å². The smallest absolute Gasteiger partial charge is 0.310 e. The molecule has 5 rings (SSSR count). The first-order valence-electron chi connectivity index (χ1n) is 13.9. The highest BCUT2D eigenvalue weighted by Gasteiger charge is 2.17. The topological polar surface area (TPSA) is 101 Å². The molecule has 41 heavy (non-hydrogen) atoms. The van der Waals surface area contributed by atoms with Crippen LogP contribution in [0, 0.1) is 0 Å². The van der Waals surface area contributed by atoms with Crippen LogP contribution in [0.5, 0.6) is 5.75 Å². The van der Waals surface area contributed by atoms with Gasteiger partial charge >= 0.3 is 5.97 Å². The van der Waals surface area contributed by atoms with Crippen LogP contribution in [0.1, 0.15) is 43.6 Å². The first-order chi connectivity index (χ1) is 19.9. The lowest BCUT2D eigenvalue weighted by Gasteiger charge is -2.13. The summed E-state index contributed by atoms with van der Waals surface area (Å²) in [5.41, 5.74) is 12.0. The fourth-order valence-electron chi connectivity index (χ4n) is 5.02. The lowest BCUT2D eigenvalue weighted by molar-refractivity contribution is -0.142. The molecule has 5 aromatic rings. The minimum Gasteiger partial charge on any atom is -0.487 e. The number of anilines is 1. The number of rotatable bonds is 11. The quantitative estimate of drug-likeness (QED) is 0.192. The molecule has 2 N–H and O–H groups in total. The summed E-state index contributed by atoms with van der Waals surface area (Å²) in [4.78, 5) is 16.6. The van der Waals surface area contributed by atoms with Gasteiger partial charge in [0.1, 0.15) is 23.9 Å². The van der Waals surface area contributed by atoms with Crippen LogP contribution in [0.4, 0.5) is 5.82 Å². The molecular formula is C33H36N4O4. The van der Waals surface area contributed by atoms with E-state index in [4.69, 9.17) is 25.0 Å². The first-order valence-corrected chi connectivity index (χ1v) is 13.9. The van der Waals surface area contributed by atoms with Crippen LogP contribution in [0.15, 0.2) is 66.9 Å². The van der Waals surface area contributed by atoms with Crippen molar-refractivity contribution in [2.75, 3.05) is 26.1 Å². The van der Waals surface area contributed by atoms with E-state index < -0.39 is 0 Å². The van der Waals surface area contributed by atoms with Crippen molar-refractivity contribution in [3.63, 3.8) is 0 Å². The highest BCUT2D eigenvalue weighted by Crippen LogP contribution is 2.32. The Hall–Kier alpha value is -4.43. The first kappa shape index (κ1) is 28.1. The van der Waals surface area contributed by atoms with Gasteiger partial charge in [-0.3, -0.25) is 9.48 Å². The second-order valence-corrected chi connectivity index (χ2v) is 10.3. The van der Waals surface area contributed by atoms with Gasteiger partial charge < -0.3 is 19.9 Å². The number of nitrogens with two attached hydrogens (primary N) is 1. The fourth-order valence-corrected chi connectivity index (χ4v) is 5.02. The molecule has 0 aliphatic carbocycles. The number of methoxy groups -OCH3 is 1. The Kier molecular flexibility index (Phi) is 8.50. The molecule has 0 amide bonds. The molecule has 0 unspecified atom stereocenters. The van der Waals surface area contributed by atoms with Gasteiger partial charge in [0.2, 0.25) is 0 Å². The Morgan fingerprint density at radius 2 is 1.78 bits per heavy atom. The van der Waals surface area contributed by atoms with E-state index in [1.165, 1.54) is 0 Å². The van der Waals surface area contributed by atoms with E-state index in [0.29, 0.717) is 24.8 Å². The van der Waals surface area contributed by atoms with E-state index in [2.05, 4.69) is 55.2 Å². The molecule has 0 aliphatic heterocycles. The molecule has 2 heterocycles. The lowest BCUT2D eigenvalue weighted by Crippen LogP contribution is -2.10. The predicted octanol–water partition coefficient (Wildman–Crippen LogP) is 6.29. The zero-order valence-corrected chi connectivity index (χ0v) is 24.0. The average molecular weight is 553 g/mol.